The second kappa shape index (κ2) is 7.43. The predicted molar refractivity (Wildman–Crippen MR) is 76.7 cm³/mol. The van der Waals surface area contributed by atoms with Crippen molar-refractivity contribution >= 4 is 6.29 Å². The molecule has 0 radical (unpaired) electrons. The average Bonchev–Trinajstić information content (AvgIpc) is 2.49. The van der Waals surface area contributed by atoms with Crippen LogP contribution in [-0.4, -0.2) is 12.9 Å². The third kappa shape index (κ3) is 3.92. The van der Waals surface area contributed by atoms with Gasteiger partial charge in [0.1, 0.15) is 0 Å². The Balaban J connectivity index is 1.78. The first-order valence-electron chi connectivity index (χ1n) is 6.71. The maximum absolute atomic E-state index is 13.5. The Morgan fingerprint density at radius 3 is 2.55 bits per heavy atom. The molecule has 0 atom stereocenters. The van der Waals surface area contributed by atoms with E-state index in [1.54, 1.807) is 6.07 Å². The zero-order chi connectivity index (χ0) is 14.2. The molecule has 0 saturated carbocycles. The molecule has 0 saturated heterocycles. The van der Waals surface area contributed by atoms with Gasteiger partial charge in [0.25, 0.3) is 0 Å². The van der Waals surface area contributed by atoms with Gasteiger partial charge in [-0.25, -0.2) is 4.39 Å². The molecule has 2 rings (SSSR count). The standard InChI is InChI=1S/C17H17FO2/c18-16-11-6-10-15(13-19)17(16)20-12-5-4-9-14-7-2-1-3-8-14/h1-3,6-8,10-11,13H,4-5,9,12H2. The molecule has 0 spiro atoms. The van der Waals surface area contributed by atoms with Crippen LogP contribution in [0.2, 0.25) is 0 Å². The molecule has 104 valence electrons. The van der Waals surface area contributed by atoms with Crippen molar-refractivity contribution in [3.8, 4) is 5.75 Å². The highest BCUT2D eigenvalue weighted by atomic mass is 19.1. The minimum Gasteiger partial charge on any atom is -0.490 e. The van der Waals surface area contributed by atoms with Crippen molar-refractivity contribution in [2.45, 2.75) is 19.3 Å². The minimum absolute atomic E-state index is 0.0576. The molecule has 0 aliphatic heterocycles. The lowest BCUT2D eigenvalue weighted by molar-refractivity contribution is 0.111. The number of aldehydes is 1. The lowest BCUT2D eigenvalue weighted by atomic mass is 10.1. The molecule has 2 aromatic rings. The van der Waals surface area contributed by atoms with Crippen molar-refractivity contribution in [2.75, 3.05) is 6.61 Å². The summed E-state index contributed by atoms with van der Waals surface area (Å²) in [5.74, 6) is -0.431. The molecule has 0 aliphatic rings. The van der Waals surface area contributed by atoms with Crippen LogP contribution in [0.3, 0.4) is 0 Å². The Morgan fingerprint density at radius 1 is 1.00 bits per heavy atom. The van der Waals surface area contributed by atoms with Crippen LogP contribution in [-0.2, 0) is 6.42 Å². The van der Waals surface area contributed by atoms with E-state index in [1.807, 2.05) is 18.2 Å². The van der Waals surface area contributed by atoms with Crippen LogP contribution in [0.15, 0.2) is 48.5 Å². The fraction of sp³-hybridized carbons (Fsp3) is 0.235. The number of carbonyl (C=O) groups excluding carboxylic acids is 1. The van der Waals surface area contributed by atoms with Crippen molar-refractivity contribution in [3.05, 3.63) is 65.5 Å². The summed E-state index contributed by atoms with van der Waals surface area (Å²) in [7, 11) is 0. The normalized spacial score (nSPS) is 10.2. The summed E-state index contributed by atoms with van der Waals surface area (Å²) in [5, 5.41) is 0. The monoisotopic (exact) mass is 272 g/mol. The molecular formula is C17H17FO2. The van der Waals surface area contributed by atoms with E-state index in [2.05, 4.69) is 12.1 Å². The number of carbonyl (C=O) groups is 1. The van der Waals surface area contributed by atoms with Crippen LogP contribution in [0.1, 0.15) is 28.8 Å². The van der Waals surface area contributed by atoms with Gasteiger partial charge in [-0.3, -0.25) is 4.79 Å². The summed E-state index contributed by atoms with van der Waals surface area (Å²) < 4.78 is 18.9. The van der Waals surface area contributed by atoms with Gasteiger partial charge >= 0.3 is 0 Å². The van der Waals surface area contributed by atoms with Gasteiger partial charge in [0.2, 0.25) is 0 Å². The average molecular weight is 272 g/mol. The third-order valence-corrected chi connectivity index (χ3v) is 3.07. The number of ether oxygens (including phenoxy) is 1. The first kappa shape index (κ1) is 14.3. The van der Waals surface area contributed by atoms with Gasteiger partial charge in [-0.1, -0.05) is 36.4 Å². The van der Waals surface area contributed by atoms with Crippen molar-refractivity contribution in [1.82, 2.24) is 0 Å². The Morgan fingerprint density at radius 2 is 1.80 bits per heavy atom. The smallest absolute Gasteiger partial charge is 0.165 e. The second-order valence-electron chi connectivity index (χ2n) is 4.57. The van der Waals surface area contributed by atoms with E-state index in [0.717, 1.165) is 19.3 Å². The van der Waals surface area contributed by atoms with Crippen LogP contribution < -0.4 is 4.74 Å². The summed E-state index contributed by atoms with van der Waals surface area (Å²) in [5.41, 5.74) is 1.54. The summed E-state index contributed by atoms with van der Waals surface area (Å²) in [6.07, 6.45) is 3.38. The van der Waals surface area contributed by atoms with Crippen molar-refractivity contribution in [2.24, 2.45) is 0 Å². The summed E-state index contributed by atoms with van der Waals surface area (Å²) >= 11 is 0. The highest BCUT2D eigenvalue weighted by Gasteiger charge is 2.08. The van der Waals surface area contributed by atoms with E-state index >= 15 is 0 Å². The Kier molecular flexibility index (Phi) is 5.30. The van der Waals surface area contributed by atoms with Gasteiger partial charge in [0.15, 0.2) is 17.9 Å². The number of unbranched alkanes of at least 4 members (excludes halogenated alkanes) is 1. The Bertz CT molecular complexity index is 552. The third-order valence-electron chi connectivity index (χ3n) is 3.07. The van der Waals surface area contributed by atoms with Crippen LogP contribution in [0, 0.1) is 5.82 Å². The van der Waals surface area contributed by atoms with Crippen molar-refractivity contribution < 1.29 is 13.9 Å². The van der Waals surface area contributed by atoms with Gasteiger partial charge in [0.05, 0.1) is 12.2 Å². The van der Waals surface area contributed by atoms with Crippen LogP contribution in [0.25, 0.3) is 0 Å². The maximum atomic E-state index is 13.5. The van der Waals surface area contributed by atoms with Crippen LogP contribution >= 0.6 is 0 Å². The topological polar surface area (TPSA) is 26.3 Å². The zero-order valence-corrected chi connectivity index (χ0v) is 11.2. The van der Waals surface area contributed by atoms with Gasteiger partial charge in [-0.05, 0) is 37.0 Å². The summed E-state index contributed by atoms with van der Waals surface area (Å²) in [4.78, 5) is 10.8. The molecule has 0 unspecified atom stereocenters. The molecule has 0 aliphatic carbocycles. The molecule has 0 fully saturated rings. The molecular weight excluding hydrogens is 255 g/mol. The molecule has 2 nitrogen and oxygen atoms in total. The van der Waals surface area contributed by atoms with E-state index in [-0.39, 0.29) is 11.3 Å². The largest absolute Gasteiger partial charge is 0.490 e. The Labute approximate surface area is 118 Å². The number of aryl methyl sites for hydroxylation is 1. The SMILES string of the molecule is O=Cc1cccc(F)c1OCCCCc1ccccc1. The van der Waals surface area contributed by atoms with Gasteiger partial charge in [-0.2, -0.15) is 0 Å². The molecule has 0 aromatic heterocycles. The van der Waals surface area contributed by atoms with Crippen LogP contribution in [0.5, 0.6) is 5.75 Å². The van der Waals surface area contributed by atoms with Crippen molar-refractivity contribution in [3.63, 3.8) is 0 Å². The number of hydrogen-bond acceptors (Lipinski definition) is 2. The summed E-state index contributed by atoms with van der Waals surface area (Å²) in [6.45, 7) is 0.411. The molecule has 0 bridgehead atoms. The van der Waals surface area contributed by atoms with Crippen LogP contribution in [0.4, 0.5) is 4.39 Å². The highest BCUT2D eigenvalue weighted by molar-refractivity contribution is 5.79. The molecule has 20 heavy (non-hydrogen) atoms. The fourth-order valence-electron chi connectivity index (χ4n) is 2.02. The highest BCUT2D eigenvalue weighted by Crippen LogP contribution is 2.21. The lowest BCUT2D eigenvalue weighted by Crippen LogP contribution is -2.02. The Hall–Kier alpha value is -2.16. The minimum atomic E-state index is -0.488. The summed E-state index contributed by atoms with van der Waals surface area (Å²) in [6, 6.07) is 14.5. The first-order chi connectivity index (χ1) is 9.81. The predicted octanol–water partition coefficient (Wildman–Crippen LogP) is 4.04. The number of para-hydroxylation sites is 1. The number of halogens is 1. The number of hydrogen-bond donors (Lipinski definition) is 0. The lowest BCUT2D eigenvalue weighted by Gasteiger charge is -2.09. The quantitative estimate of drug-likeness (QED) is 0.561. The van der Waals surface area contributed by atoms with Crippen molar-refractivity contribution in [1.29, 1.82) is 0 Å². The van der Waals surface area contributed by atoms with E-state index < -0.39 is 5.82 Å². The van der Waals surface area contributed by atoms with E-state index in [4.69, 9.17) is 4.74 Å². The zero-order valence-electron chi connectivity index (χ0n) is 11.2. The molecule has 2 aromatic carbocycles. The number of benzene rings is 2. The molecule has 0 N–H and O–H groups in total. The van der Waals surface area contributed by atoms with Gasteiger partial charge < -0.3 is 4.74 Å². The van der Waals surface area contributed by atoms with Gasteiger partial charge in [0, 0.05) is 0 Å². The fourth-order valence-corrected chi connectivity index (χ4v) is 2.02. The molecule has 0 amide bonds. The first-order valence-corrected chi connectivity index (χ1v) is 6.71. The number of rotatable bonds is 7. The molecule has 0 heterocycles. The molecule has 3 heteroatoms. The maximum Gasteiger partial charge on any atom is 0.165 e. The van der Waals surface area contributed by atoms with E-state index in [0.29, 0.717) is 12.9 Å². The van der Waals surface area contributed by atoms with Gasteiger partial charge in [-0.15, -0.1) is 0 Å². The second-order valence-corrected chi connectivity index (χ2v) is 4.57. The van der Waals surface area contributed by atoms with E-state index in [9.17, 15) is 9.18 Å². The van der Waals surface area contributed by atoms with E-state index in [1.165, 1.54) is 17.7 Å².